The van der Waals surface area contributed by atoms with Gasteiger partial charge < -0.3 is 5.73 Å². The number of pyridine rings is 1. The van der Waals surface area contributed by atoms with Crippen LogP contribution in [0.5, 0.6) is 0 Å². The van der Waals surface area contributed by atoms with Gasteiger partial charge in [0.15, 0.2) is 5.78 Å². The van der Waals surface area contributed by atoms with E-state index in [1.54, 1.807) is 12.3 Å². The van der Waals surface area contributed by atoms with Gasteiger partial charge in [0.25, 0.3) is 0 Å². The Morgan fingerprint density at radius 3 is 3.09 bits per heavy atom. The lowest BCUT2D eigenvalue weighted by Gasteiger charge is -1.96. The minimum Gasteiger partial charge on any atom is -0.397 e. The molecule has 1 aliphatic carbocycles. The molecular weight excluding hydrogens is 140 g/mol. The van der Waals surface area contributed by atoms with Crippen LogP contribution in [0.25, 0.3) is 0 Å². The summed E-state index contributed by atoms with van der Waals surface area (Å²) in [6.07, 6.45) is 2.96. The molecule has 0 atom stereocenters. The fourth-order valence-electron chi connectivity index (χ4n) is 1.32. The highest BCUT2D eigenvalue weighted by molar-refractivity contribution is 6.00. The van der Waals surface area contributed by atoms with Crippen LogP contribution in [0.4, 0.5) is 5.69 Å². The van der Waals surface area contributed by atoms with Crippen LogP contribution >= 0.6 is 0 Å². The van der Waals surface area contributed by atoms with Gasteiger partial charge in [0, 0.05) is 12.0 Å². The minimum atomic E-state index is 0.166. The third kappa shape index (κ3) is 0.888. The second-order valence-electron chi connectivity index (χ2n) is 2.69. The molecule has 0 saturated heterocycles. The summed E-state index contributed by atoms with van der Waals surface area (Å²) >= 11 is 0. The molecule has 2 rings (SSSR count). The highest BCUT2D eigenvalue weighted by Crippen LogP contribution is 2.20. The SMILES string of the molecule is Nc1cnc2c(c1)C(=O)CC2. The molecule has 2 N–H and O–H groups in total. The molecule has 1 aliphatic rings. The van der Waals surface area contributed by atoms with E-state index >= 15 is 0 Å². The van der Waals surface area contributed by atoms with Crippen molar-refractivity contribution in [2.45, 2.75) is 12.8 Å². The number of hydrogen-bond acceptors (Lipinski definition) is 3. The van der Waals surface area contributed by atoms with Crippen molar-refractivity contribution in [2.75, 3.05) is 5.73 Å². The highest BCUT2D eigenvalue weighted by atomic mass is 16.1. The van der Waals surface area contributed by atoms with Crippen LogP contribution in [0.2, 0.25) is 0 Å². The first-order valence-electron chi connectivity index (χ1n) is 3.55. The van der Waals surface area contributed by atoms with Crippen molar-refractivity contribution in [3.8, 4) is 0 Å². The molecule has 11 heavy (non-hydrogen) atoms. The number of carbonyl (C=O) groups excluding carboxylic acids is 1. The Bertz CT molecular complexity index is 320. The topological polar surface area (TPSA) is 56.0 Å². The van der Waals surface area contributed by atoms with Gasteiger partial charge >= 0.3 is 0 Å². The quantitative estimate of drug-likeness (QED) is 0.591. The van der Waals surface area contributed by atoms with Crippen molar-refractivity contribution in [1.82, 2.24) is 4.98 Å². The second kappa shape index (κ2) is 2.05. The molecule has 0 aromatic carbocycles. The first-order chi connectivity index (χ1) is 5.27. The standard InChI is InChI=1S/C8H8N2O/c9-5-3-6-7(10-4-5)1-2-8(6)11/h3-4H,1-2,9H2. The number of nitrogen functional groups attached to an aromatic ring is 1. The van der Waals surface area contributed by atoms with Crippen LogP contribution in [0.1, 0.15) is 22.5 Å². The first kappa shape index (κ1) is 6.34. The number of anilines is 1. The van der Waals surface area contributed by atoms with E-state index in [4.69, 9.17) is 5.73 Å². The number of rotatable bonds is 0. The van der Waals surface area contributed by atoms with Crippen LogP contribution in [-0.4, -0.2) is 10.8 Å². The molecule has 0 radical (unpaired) electrons. The molecule has 0 saturated carbocycles. The van der Waals surface area contributed by atoms with E-state index < -0.39 is 0 Å². The van der Waals surface area contributed by atoms with Crippen LogP contribution in [-0.2, 0) is 6.42 Å². The van der Waals surface area contributed by atoms with Gasteiger partial charge in [-0.15, -0.1) is 0 Å². The second-order valence-corrected chi connectivity index (χ2v) is 2.69. The van der Waals surface area contributed by atoms with Crippen LogP contribution in [0, 0.1) is 0 Å². The molecule has 0 fully saturated rings. The Hall–Kier alpha value is -1.38. The average molecular weight is 148 g/mol. The Morgan fingerprint density at radius 2 is 2.27 bits per heavy atom. The van der Waals surface area contributed by atoms with Crippen LogP contribution in [0.15, 0.2) is 12.3 Å². The number of fused-ring (bicyclic) bond motifs is 1. The van der Waals surface area contributed by atoms with Gasteiger partial charge in [-0.3, -0.25) is 9.78 Å². The lowest BCUT2D eigenvalue weighted by atomic mass is 10.2. The molecule has 1 aromatic heterocycles. The maximum atomic E-state index is 11.1. The largest absolute Gasteiger partial charge is 0.397 e. The molecule has 0 amide bonds. The Labute approximate surface area is 64.2 Å². The summed E-state index contributed by atoms with van der Waals surface area (Å²) in [6, 6.07) is 1.71. The van der Waals surface area contributed by atoms with E-state index in [1.165, 1.54) is 0 Å². The Morgan fingerprint density at radius 1 is 1.45 bits per heavy atom. The van der Waals surface area contributed by atoms with E-state index in [-0.39, 0.29) is 5.78 Å². The van der Waals surface area contributed by atoms with Crippen LogP contribution in [0.3, 0.4) is 0 Å². The number of aryl methyl sites for hydroxylation is 1. The molecule has 56 valence electrons. The molecule has 3 nitrogen and oxygen atoms in total. The number of ketones is 1. The highest BCUT2D eigenvalue weighted by Gasteiger charge is 2.20. The summed E-state index contributed by atoms with van der Waals surface area (Å²) in [5, 5.41) is 0. The molecule has 0 bridgehead atoms. The smallest absolute Gasteiger partial charge is 0.165 e. The summed E-state index contributed by atoms with van der Waals surface area (Å²) in [4.78, 5) is 15.2. The summed E-state index contributed by atoms with van der Waals surface area (Å²) in [7, 11) is 0. The number of Topliss-reactive ketones (excluding diaryl/α,β-unsaturated/α-hetero) is 1. The predicted octanol–water partition coefficient (Wildman–Crippen LogP) is 0.793. The Kier molecular flexibility index (Phi) is 1.18. The van der Waals surface area contributed by atoms with Gasteiger partial charge in [0.05, 0.1) is 17.6 Å². The summed E-state index contributed by atoms with van der Waals surface area (Å²) in [5.41, 5.74) is 7.65. The maximum absolute atomic E-state index is 11.1. The monoisotopic (exact) mass is 148 g/mol. The summed E-state index contributed by atoms with van der Waals surface area (Å²) < 4.78 is 0. The number of hydrogen-bond donors (Lipinski definition) is 1. The first-order valence-corrected chi connectivity index (χ1v) is 3.55. The average Bonchev–Trinajstić information content (AvgIpc) is 2.33. The number of aromatic nitrogens is 1. The van der Waals surface area contributed by atoms with Crippen molar-refractivity contribution in [1.29, 1.82) is 0 Å². The molecule has 0 unspecified atom stereocenters. The Balaban J connectivity index is 2.60. The van der Waals surface area contributed by atoms with Crippen LogP contribution < -0.4 is 5.73 Å². The van der Waals surface area contributed by atoms with Gasteiger partial charge in [-0.2, -0.15) is 0 Å². The van der Waals surface area contributed by atoms with Gasteiger partial charge in [-0.05, 0) is 12.5 Å². The van der Waals surface area contributed by atoms with E-state index in [9.17, 15) is 4.79 Å². The minimum absolute atomic E-state index is 0.166. The zero-order chi connectivity index (χ0) is 7.84. The molecular formula is C8H8N2O. The summed E-state index contributed by atoms with van der Waals surface area (Å²) in [5.74, 6) is 0.166. The number of carbonyl (C=O) groups is 1. The van der Waals surface area contributed by atoms with E-state index in [1.807, 2.05) is 0 Å². The normalized spacial score (nSPS) is 15.1. The van der Waals surface area contributed by atoms with E-state index in [0.717, 1.165) is 12.1 Å². The van der Waals surface area contributed by atoms with Gasteiger partial charge in [0.2, 0.25) is 0 Å². The van der Waals surface area contributed by atoms with Crippen molar-refractivity contribution < 1.29 is 4.79 Å². The third-order valence-corrected chi connectivity index (χ3v) is 1.88. The molecule has 0 spiro atoms. The molecule has 1 aromatic rings. The number of nitrogens with zero attached hydrogens (tertiary/aromatic N) is 1. The van der Waals surface area contributed by atoms with E-state index in [2.05, 4.69) is 4.98 Å². The van der Waals surface area contributed by atoms with Crippen molar-refractivity contribution in [3.05, 3.63) is 23.5 Å². The third-order valence-electron chi connectivity index (χ3n) is 1.88. The fourth-order valence-corrected chi connectivity index (χ4v) is 1.32. The zero-order valence-electron chi connectivity index (χ0n) is 6.00. The van der Waals surface area contributed by atoms with Gasteiger partial charge in [-0.25, -0.2) is 0 Å². The summed E-state index contributed by atoms with van der Waals surface area (Å²) in [6.45, 7) is 0. The lowest BCUT2D eigenvalue weighted by Crippen LogP contribution is -1.95. The molecule has 1 heterocycles. The predicted molar refractivity (Wildman–Crippen MR) is 41.3 cm³/mol. The van der Waals surface area contributed by atoms with Crippen molar-refractivity contribution in [2.24, 2.45) is 0 Å². The van der Waals surface area contributed by atoms with Gasteiger partial charge in [0.1, 0.15) is 0 Å². The maximum Gasteiger partial charge on any atom is 0.165 e. The zero-order valence-corrected chi connectivity index (χ0v) is 6.00. The van der Waals surface area contributed by atoms with Crippen molar-refractivity contribution >= 4 is 11.5 Å². The lowest BCUT2D eigenvalue weighted by molar-refractivity contribution is 0.0994. The number of nitrogens with two attached hydrogens (primary N) is 1. The molecule has 0 aliphatic heterocycles. The molecule has 3 heteroatoms. The van der Waals surface area contributed by atoms with Gasteiger partial charge in [-0.1, -0.05) is 0 Å². The van der Waals surface area contributed by atoms with Crippen molar-refractivity contribution in [3.63, 3.8) is 0 Å². The van der Waals surface area contributed by atoms with E-state index in [0.29, 0.717) is 17.7 Å². The fraction of sp³-hybridized carbons (Fsp3) is 0.250.